The van der Waals surface area contributed by atoms with Gasteiger partial charge in [0.25, 0.3) is 5.56 Å². The third-order valence-electron chi connectivity index (χ3n) is 2.35. The second-order valence-corrected chi connectivity index (χ2v) is 4.59. The van der Waals surface area contributed by atoms with Crippen molar-refractivity contribution in [1.82, 2.24) is 4.57 Å². The molecular formula is C12H10BrFN2O. The highest BCUT2D eigenvalue weighted by Crippen LogP contribution is 2.11. The van der Waals surface area contributed by atoms with Crippen LogP contribution >= 0.6 is 15.9 Å². The Bertz CT molecular complexity index is 592. The third kappa shape index (κ3) is 2.74. The lowest BCUT2D eigenvalue weighted by Gasteiger charge is -2.07. The fourth-order valence-corrected chi connectivity index (χ4v) is 2.02. The van der Waals surface area contributed by atoms with Crippen molar-refractivity contribution < 1.29 is 4.39 Å². The van der Waals surface area contributed by atoms with E-state index < -0.39 is 0 Å². The van der Waals surface area contributed by atoms with Crippen molar-refractivity contribution in [2.45, 2.75) is 6.54 Å². The molecule has 0 saturated heterocycles. The summed E-state index contributed by atoms with van der Waals surface area (Å²) in [4.78, 5) is 11.7. The van der Waals surface area contributed by atoms with Crippen molar-refractivity contribution in [2.75, 3.05) is 5.73 Å². The Morgan fingerprint density at radius 3 is 2.59 bits per heavy atom. The first-order chi connectivity index (χ1) is 8.06. The molecule has 3 nitrogen and oxygen atoms in total. The number of nitrogens with zero attached hydrogens (tertiary/aromatic N) is 1. The van der Waals surface area contributed by atoms with Crippen molar-refractivity contribution in [3.8, 4) is 0 Å². The van der Waals surface area contributed by atoms with Gasteiger partial charge in [-0.05, 0) is 39.7 Å². The van der Waals surface area contributed by atoms with Gasteiger partial charge in [-0.1, -0.05) is 12.1 Å². The number of anilines is 1. The lowest BCUT2D eigenvalue weighted by atomic mass is 10.2. The van der Waals surface area contributed by atoms with Gasteiger partial charge in [0, 0.05) is 10.7 Å². The molecule has 88 valence electrons. The second-order valence-electron chi connectivity index (χ2n) is 3.67. The smallest absolute Gasteiger partial charge is 0.274 e. The highest BCUT2D eigenvalue weighted by molar-refractivity contribution is 9.10. The maximum Gasteiger partial charge on any atom is 0.274 e. The first kappa shape index (κ1) is 11.9. The van der Waals surface area contributed by atoms with E-state index in [4.69, 9.17) is 5.73 Å². The number of benzene rings is 1. The molecule has 0 aliphatic rings. The molecule has 0 bridgehead atoms. The minimum atomic E-state index is -0.296. The zero-order valence-electron chi connectivity index (χ0n) is 8.86. The third-order valence-corrected chi connectivity index (χ3v) is 2.78. The SMILES string of the molecule is Nc1cc(Br)cn(Cc2ccc(F)cc2)c1=O. The van der Waals surface area contributed by atoms with Crippen LogP contribution in [0.15, 0.2) is 45.8 Å². The van der Waals surface area contributed by atoms with Crippen LogP contribution in [0.25, 0.3) is 0 Å². The summed E-state index contributed by atoms with van der Waals surface area (Å²) >= 11 is 3.27. The molecule has 1 heterocycles. The summed E-state index contributed by atoms with van der Waals surface area (Å²) in [6.45, 7) is 0.364. The number of pyridine rings is 1. The van der Waals surface area contributed by atoms with E-state index in [9.17, 15) is 9.18 Å². The minimum absolute atomic E-state index is 0.182. The molecule has 0 atom stereocenters. The van der Waals surface area contributed by atoms with Crippen LogP contribution in [0, 0.1) is 5.82 Å². The molecule has 0 amide bonds. The summed E-state index contributed by atoms with van der Waals surface area (Å²) in [6.07, 6.45) is 1.65. The van der Waals surface area contributed by atoms with Crippen molar-refractivity contribution in [1.29, 1.82) is 0 Å². The summed E-state index contributed by atoms with van der Waals surface area (Å²) in [5.74, 6) is -0.296. The molecule has 0 unspecified atom stereocenters. The van der Waals surface area contributed by atoms with Crippen LogP contribution in [0.5, 0.6) is 0 Å². The van der Waals surface area contributed by atoms with Gasteiger partial charge >= 0.3 is 0 Å². The fourth-order valence-electron chi connectivity index (χ4n) is 1.52. The van der Waals surface area contributed by atoms with Crippen molar-refractivity contribution >= 4 is 21.6 Å². The predicted molar refractivity (Wildman–Crippen MR) is 68.3 cm³/mol. The Hall–Kier alpha value is -1.62. The van der Waals surface area contributed by atoms with E-state index in [0.717, 1.165) is 10.0 Å². The van der Waals surface area contributed by atoms with Crippen LogP contribution < -0.4 is 11.3 Å². The first-order valence-corrected chi connectivity index (χ1v) is 5.75. The molecule has 17 heavy (non-hydrogen) atoms. The van der Waals surface area contributed by atoms with Crippen LogP contribution in [-0.2, 0) is 6.54 Å². The van der Waals surface area contributed by atoms with Gasteiger partial charge in [0.1, 0.15) is 5.82 Å². The van der Waals surface area contributed by atoms with E-state index in [1.54, 1.807) is 24.4 Å². The van der Waals surface area contributed by atoms with E-state index in [0.29, 0.717) is 6.54 Å². The fraction of sp³-hybridized carbons (Fsp3) is 0.0833. The molecule has 2 aromatic rings. The minimum Gasteiger partial charge on any atom is -0.394 e. The van der Waals surface area contributed by atoms with E-state index >= 15 is 0 Å². The van der Waals surface area contributed by atoms with Gasteiger partial charge in [-0.3, -0.25) is 4.79 Å². The molecule has 0 aliphatic heterocycles. The zero-order valence-corrected chi connectivity index (χ0v) is 10.4. The summed E-state index contributed by atoms with van der Waals surface area (Å²) < 4.78 is 14.9. The second kappa shape index (κ2) is 4.71. The molecular weight excluding hydrogens is 287 g/mol. The molecule has 0 saturated carbocycles. The van der Waals surface area contributed by atoms with Gasteiger partial charge in [0.05, 0.1) is 12.2 Å². The average molecular weight is 297 g/mol. The van der Waals surface area contributed by atoms with Crippen LogP contribution in [-0.4, -0.2) is 4.57 Å². The quantitative estimate of drug-likeness (QED) is 0.925. The van der Waals surface area contributed by atoms with E-state index in [2.05, 4.69) is 15.9 Å². The summed E-state index contributed by atoms with van der Waals surface area (Å²) in [7, 11) is 0. The number of rotatable bonds is 2. The lowest BCUT2D eigenvalue weighted by Crippen LogP contribution is -2.22. The van der Waals surface area contributed by atoms with Gasteiger partial charge in [-0.15, -0.1) is 0 Å². The van der Waals surface area contributed by atoms with Crippen molar-refractivity contribution in [3.05, 3.63) is 62.7 Å². The Balaban J connectivity index is 2.36. The normalized spacial score (nSPS) is 10.5. The number of aromatic nitrogens is 1. The number of hydrogen-bond acceptors (Lipinski definition) is 2. The Morgan fingerprint density at radius 2 is 1.94 bits per heavy atom. The predicted octanol–water partition coefficient (Wildman–Crippen LogP) is 2.38. The van der Waals surface area contributed by atoms with Crippen molar-refractivity contribution in [2.24, 2.45) is 0 Å². The number of nitrogen functional groups attached to an aromatic ring is 1. The van der Waals surface area contributed by atoms with Gasteiger partial charge in [-0.25, -0.2) is 4.39 Å². The highest BCUT2D eigenvalue weighted by atomic mass is 79.9. The number of hydrogen-bond donors (Lipinski definition) is 1. The van der Waals surface area contributed by atoms with Crippen LogP contribution in [0.4, 0.5) is 10.1 Å². The van der Waals surface area contributed by atoms with E-state index in [1.807, 2.05) is 0 Å². The molecule has 2 N–H and O–H groups in total. The Morgan fingerprint density at radius 1 is 1.29 bits per heavy atom. The topological polar surface area (TPSA) is 48.0 Å². The lowest BCUT2D eigenvalue weighted by molar-refractivity contribution is 0.626. The summed E-state index contributed by atoms with van der Waals surface area (Å²) in [5.41, 5.74) is 6.34. The maximum atomic E-state index is 12.7. The van der Waals surface area contributed by atoms with Gasteiger partial charge in [0.15, 0.2) is 0 Å². The average Bonchev–Trinajstić information content (AvgIpc) is 2.28. The highest BCUT2D eigenvalue weighted by Gasteiger charge is 2.03. The Kier molecular flexibility index (Phi) is 3.28. The molecule has 0 radical (unpaired) electrons. The van der Waals surface area contributed by atoms with Crippen LogP contribution in [0.1, 0.15) is 5.56 Å². The molecule has 0 fully saturated rings. The summed E-state index contributed by atoms with van der Waals surface area (Å²) in [5, 5.41) is 0. The van der Waals surface area contributed by atoms with E-state index in [1.165, 1.54) is 16.7 Å². The molecule has 2 rings (SSSR count). The van der Waals surface area contributed by atoms with Gasteiger partial charge in [-0.2, -0.15) is 0 Å². The molecule has 1 aromatic carbocycles. The molecule has 0 spiro atoms. The van der Waals surface area contributed by atoms with Gasteiger partial charge < -0.3 is 10.3 Å². The monoisotopic (exact) mass is 296 g/mol. The zero-order chi connectivity index (χ0) is 12.4. The largest absolute Gasteiger partial charge is 0.394 e. The number of nitrogens with two attached hydrogens (primary N) is 1. The summed E-state index contributed by atoms with van der Waals surface area (Å²) in [6, 6.07) is 7.56. The number of halogens is 2. The van der Waals surface area contributed by atoms with Crippen LogP contribution in [0.2, 0.25) is 0 Å². The van der Waals surface area contributed by atoms with Crippen molar-refractivity contribution in [3.63, 3.8) is 0 Å². The van der Waals surface area contributed by atoms with Gasteiger partial charge in [0.2, 0.25) is 0 Å². The molecule has 1 aromatic heterocycles. The molecule has 0 aliphatic carbocycles. The Labute approximate surface area is 106 Å². The molecule has 5 heteroatoms. The van der Waals surface area contributed by atoms with E-state index in [-0.39, 0.29) is 17.1 Å². The first-order valence-electron chi connectivity index (χ1n) is 4.96. The maximum absolute atomic E-state index is 12.7. The van der Waals surface area contributed by atoms with Crippen LogP contribution in [0.3, 0.4) is 0 Å². The standard InChI is InChI=1S/C12H10BrFN2O/c13-9-5-11(15)12(17)16(7-9)6-8-1-3-10(14)4-2-8/h1-5,7H,6,15H2.